The molecule has 0 aromatic rings. The normalized spacial score (nSPS) is 18.2. The second kappa shape index (κ2) is 8.52. The van der Waals surface area contributed by atoms with Crippen LogP contribution in [0.15, 0.2) is 0 Å². The highest BCUT2D eigenvalue weighted by molar-refractivity contribution is 5.77. The molecule has 4 nitrogen and oxygen atoms in total. The fourth-order valence-corrected chi connectivity index (χ4v) is 2.87. The molecule has 20 heavy (non-hydrogen) atoms. The van der Waals surface area contributed by atoms with Crippen molar-refractivity contribution in [1.82, 2.24) is 4.90 Å². The Labute approximate surface area is 119 Å². The van der Waals surface area contributed by atoms with Crippen molar-refractivity contribution >= 4 is 5.91 Å². The van der Waals surface area contributed by atoms with E-state index >= 15 is 0 Å². The van der Waals surface area contributed by atoms with Gasteiger partial charge in [0.25, 0.3) is 6.43 Å². The molecule has 6 heteroatoms. The molecule has 0 heterocycles. The van der Waals surface area contributed by atoms with Crippen LogP contribution in [0.2, 0.25) is 0 Å². The summed E-state index contributed by atoms with van der Waals surface area (Å²) in [7, 11) is 1.49. The number of ether oxygens (including phenoxy) is 1. The molecule has 0 saturated heterocycles. The summed E-state index contributed by atoms with van der Waals surface area (Å²) in [6, 6.07) is 0. The number of amides is 1. The van der Waals surface area contributed by atoms with Gasteiger partial charge in [0, 0.05) is 20.1 Å². The fraction of sp³-hybridized carbons (Fsp3) is 0.929. The van der Waals surface area contributed by atoms with Crippen LogP contribution in [0.1, 0.15) is 38.5 Å². The van der Waals surface area contributed by atoms with E-state index in [0.29, 0.717) is 6.54 Å². The molecule has 0 aliphatic heterocycles. The SMILES string of the molecule is COCCN(CC(F)F)C(=O)CC1(CN)CCCCC1. The number of hydrogen-bond donors (Lipinski definition) is 1. The second-order valence-electron chi connectivity index (χ2n) is 5.67. The molecular weight excluding hydrogens is 266 g/mol. The molecule has 118 valence electrons. The van der Waals surface area contributed by atoms with Gasteiger partial charge in [-0.2, -0.15) is 0 Å². The van der Waals surface area contributed by atoms with Crippen molar-refractivity contribution in [3.05, 3.63) is 0 Å². The van der Waals surface area contributed by atoms with E-state index < -0.39 is 13.0 Å². The van der Waals surface area contributed by atoms with Crippen LogP contribution >= 0.6 is 0 Å². The Morgan fingerprint density at radius 2 is 2.00 bits per heavy atom. The van der Waals surface area contributed by atoms with E-state index in [1.807, 2.05) is 0 Å². The molecule has 1 aliphatic rings. The number of halogens is 2. The first kappa shape index (κ1) is 17.3. The fourth-order valence-electron chi connectivity index (χ4n) is 2.87. The maximum Gasteiger partial charge on any atom is 0.255 e. The van der Waals surface area contributed by atoms with Gasteiger partial charge in [-0.25, -0.2) is 8.78 Å². The lowest BCUT2D eigenvalue weighted by atomic mass is 9.71. The van der Waals surface area contributed by atoms with Gasteiger partial charge in [-0.15, -0.1) is 0 Å². The maximum absolute atomic E-state index is 12.6. The van der Waals surface area contributed by atoms with Crippen LogP contribution in [-0.4, -0.2) is 50.6 Å². The lowest BCUT2D eigenvalue weighted by Crippen LogP contribution is -2.43. The summed E-state index contributed by atoms with van der Waals surface area (Å²) >= 11 is 0. The standard InChI is InChI=1S/C14H26F2N2O2/c1-20-8-7-18(10-12(15)16)13(19)9-14(11-17)5-3-2-4-6-14/h12H,2-11,17H2,1H3. The van der Waals surface area contributed by atoms with E-state index in [2.05, 4.69) is 0 Å². The number of alkyl halides is 2. The third-order valence-electron chi connectivity index (χ3n) is 4.15. The zero-order valence-electron chi connectivity index (χ0n) is 12.2. The van der Waals surface area contributed by atoms with E-state index in [9.17, 15) is 13.6 Å². The smallest absolute Gasteiger partial charge is 0.255 e. The molecule has 0 aromatic heterocycles. The van der Waals surface area contributed by atoms with Crippen molar-refractivity contribution in [2.24, 2.45) is 11.1 Å². The summed E-state index contributed by atoms with van der Waals surface area (Å²) < 4.78 is 30.0. The lowest BCUT2D eigenvalue weighted by molar-refractivity contribution is -0.136. The van der Waals surface area contributed by atoms with Gasteiger partial charge in [-0.3, -0.25) is 4.79 Å². The molecule has 2 N–H and O–H groups in total. The number of hydrogen-bond acceptors (Lipinski definition) is 3. The average Bonchev–Trinajstić information content (AvgIpc) is 2.44. The number of carbonyl (C=O) groups is 1. The van der Waals surface area contributed by atoms with Crippen LogP contribution < -0.4 is 5.73 Å². The summed E-state index contributed by atoms with van der Waals surface area (Å²) in [4.78, 5) is 13.5. The van der Waals surface area contributed by atoms with Crippen molar-refractivity contribution in [2.75, 3.05) is 33.4 Å². The minimum absolute atomic E-state index is 0.192. The maximum atomic E-state index is 12.6. The van der Waals surface area contributed by atoms with Crippen molar-refractivity contribution < 1.29 is 18.3 Å². The predicted octanol–water partition coefficient (Wildman–Crippen LogP) is 2.03. The molecule has 0 radical (unpaired) electrons. The minimum Gasteiger partial charge on any atom is -0.383 e. The van der Waals surface area contributed by atoms with E-state index in [-0.39, 0.29) is 30.9 Å². The zero-order valence-corrected chi connectivity index (χ0v) is 12.2. The molecule has 0 bridgehead atoms. The summed E-state index contributed by atoms with van der Waals surface area (Å²) in [6.45, 7) is 0.406. The van der Waals surface area contributed by atoms with Crippen LogP contribution in [0.5, 0.6) is 0 Å². The molecule has 1 aliphatic carbocycles. The third kappa shape index (κ3) is 5.32. The first-order chi connectivity index (χ1) is 9.53. The summed E-state index contributed by atoms with van der Waals surface area (Å²) in [5.41, 5.74) is 5.65. The molecule has 1 rings (SSSR count). The first-order valence-electron chi connectivity index (χ1n) is 7.28. The molecule has 1 saturated carbocycles. The van der Waals surface area contributed by atoms with Crippen LogP contribution in [0.25, 0.3) is 0 Å². The summed E-state index contributed by atoms with van der Waals surface area (Å²) in [6.07, 6.45) is 2.90. The van der Waals surface area contributed by atoms with Gasteiger partial charge in [0.1, 0.15) is 0 Å². The van der Waals surface area contributed by atoms with Crippen molar-refractivity contribution in [2.45, 2.75) is 45.0 Å². The Balaban J connectivity index is 2.62. The topological polar surface area (TPSA) is 55.6 Å². The van der Waals surface area contributed by atoms with E-state index in [1.54, 1.807) is 0 Å². The van der Waals surface area contributed by atoms with Gasteiger partial charge in [0.15, 0.2) is 0 Å². The molecule has 1 amide bonds. The van der Waals surface area contributed by atoms with Gasteiger partial charge in [0.05, 0.1) is 13.2 Å². The van der Waals surface area contributed by atoms with Gasteiger partial charge in [0.2, 0.25) is 5.91 Å². The highest BCUT2D eigenvalue weighted by Crippen LogP contribution is 2.38. The van der Waals surface area contributed by atoms with Crippen molar-refractivity contribution in [3.8, 4) is 0 Å². The average molecular weight is 292 g/mol. The van der Waals surface area contributed by atoms with Crippen LogP contribution in [0.4, 0.5) is 8.78 Å². The third-order valence-corrected chi connectivity index (χ3v) is 4.15. The molecule has 0 aromatic carbocycles. The van der Waals surface area contributed by atoms with Gasteiger partial charge < -0.3 is 15.4 Å². The molecule has 0 atom stereocenters. The lowest BCUT2D eigenvalue weighted by Gasteiger charge is -2.37. The summed E-state index contributed by atoms with van der Waals surface area (Å²) in [5.74, 6) is -0.227. The molecular formula is C14H26F2N2O2. The zero-order chi connectivity index (χ0) is 15.0. The van der Waals surface area contributed by atoms with E-state index in [4.69, 9.17) is 10.5 Å². The number of nitrogens with zero attached hydrogens (tertiary/aromatic N) is 1. The van der Waals surface area contributed by atoms with E-state index in [1.165, 1.54) is 18.4 Å². The monoisotopic (exact) mass is 292 g/mol. The van der Waals surface area contributed by atoms with Gasteiger partial charge in [-0.05, 0) is 24.8 Å². The highest BCUT2D eigenvalue weighted by Gasteiger charge is 2.34. The Kier molecular flexibility index (Phi) is 7.37. The van der Waals surface area contributed by atoms with Crippen molar-refractivity contribution in [3.63, 3.8) is 0 Å². The number of nitrogens with two attached hydrogens (primary N) is 1. The van der Waals surface area contributed by atoms with E-state index in [0.717, 1.165) is 25.7 Å². The van der Waals surface area contributed by atoms with Crippen LogP contribution in [0.3, 0.4) is 0 Å². The Bertz CT molecular complexity index is 295. The largest absolute Gasteiger partial charge is 0.383 e. The number of carbonyl (C=O) groups excluding carboxylic acids is 1. The predicted molar refractivity (Wildman–Crippen MR) is 73.6 cm³/mol. The number of rotatable bonds is 8. The Hall–Kier alpha value is -0.750. The van der Waals surface area contributed by atoms with Crippen molar-refractivity contribution in [1.29, 1.82) is 0 Å². The first-order valence-corrected chi connectivity index (χ1v) is 7.28. The van der Waals surface area contributed by atoms with Crippen LogP contribution in [0, 0.1) is 5.41 Å². The van der Waals surface area contributed by atoms with Gasteiger partial charge >= 0.3 is 0 Å². The Morgan fingerprint density at radius 3 is 2.50 bits per heavy atom. The Morgan fingerprint density at radius 1 is 1.35 bits per heavy atom. The van der Waals surface area contributed by atoms with Crippen LogP contribution in [-0.2, 0) is 9.53 Å². The van der Waals surface area contributed by atoms with Gasteiger partial charge in [-0.1, -0.05) is 19.3 Å². The molecule has 1 fully saturated rings. The summed E-state index contributed by atoms with van der Waals surface area (Å²) in [5, 5.41) is 0. The second-order valence-corrected chi connectivity index (χ2v) is 5.67. The quantitative estimate of drug-likeness (QED) is 0.744. The highest BCUT2D eigenvalue weighted by atomic mass is 19.3. The minimum atomic E-state index is -2.52. The molecule has 0 spiro atoms. The molecule has 0 unspecified atom stereocenters. The number of methoxy groups -OCH3 is 1.